The molecule has 0 aliphatic heterocycles. The molecule has 0 unspecified atom stereocenters. The van der Waals surface area contributed by atoms with E-state index in [2.05, 4.69) is 20.8 Å². The highest BCUT2D eigenvalue weighted by molar-refractivity contribution is 7.80. The van der Waals surface area contributed by atoms with Crippen molar-refractivity contribution in [3.05, 3.63) is 35.7 Å². The van der Waals surface area contributed by atoms with Crippen LogP contribution in [-0.4, -0.2) is 21.9 Å². The van der Waals surface area contributed by atoms with Crippen molar-refractivity contribution in [1.82, 2.24) is 10.2 Å². The van der Waals surface area contributed by atoms with Crippen molar-refractivity contribution in [3.8, 4) is 5.75 Å². The molecule has 0 saturated heterocycles. The summed E-state index contributed by atoms with van der Waals surface area (Å²) in [6, 6.07) is 7.66. The second kappa shape index (κ2) is 6.38. The van der Waals surface area contributed by atoms with E-state index < -0.39 is 0 Å². The number of aryl methyl sites for hydroxylation is 2. The summed E-state index contributed by atoms with van der Waals surface area (Å²) in [5, 5.41) is 13.8. The minimum atomic E-state index is 0.529. The fourth-order valence-corrected chi connectivity index (χ4v) is 2.03. The monoisotopic (exact) mass is 290 g/mol. The van der Waals surface area contributed by atoms with Gasteiger partial charge in [-0.1, -0.05) is 0 Å². The predicted molar refractivity (Wildman–Crippen MR) is 85.5 cm³/mol. The number of aromatic amines is 1. The van der Waals surface area contributed by atoms with Crippen molar-refractivity contribution in [2.75, 3.05) is 17.2 Å². The van der Waals surface area contributed by atoms with Crippen LogP contribution in [0, 0.1) is 13.8 Å². The smallest absolute Gasteiger partial charge is 0.175 e. The Hall–Kier alpha value is -2.08. The highest BCUT2D eigenvalue weighted by Gasteiger charge is 2.07. The van der Waals surface area contributed by atoms with E-state index in [1.54, 1.807) is 0 Å². The number of rotatable bonds is 4. The third-order valence-electron chi connectivity index (χ3n) is 2.79. The van der Waals surface area contributed by atoms with Gasteiger partial charge in [0.25, 0.3) is 0 Å². The number of anilines is 2. The summed E-state index contributed by atoms with van der Waals surface area (Å²) in [7, 11) is 0. The van der Waals surface area contributed by atoms with Crippen LogP contribution in [0.2, 0.25) is 0 Å². The van der Waals surface area contributed by atoms with Gasteiger partial charge < -0.3 is 15.4 Å². The Bertz CT molecular complexity index is 572. The Morgan fingerprint density at radius 2 is 1.95 bits per heavy atom. The molecular formula is C14H18N4OS. The molecule has 0 spiro atoms. The molecule has 3 N–H and O–H groups in total. The number of hydrogen-bond donors (Lipinski definition) is 3. The summed E-state index contributed by atoms with van der Waals surface area (Å²) in [6.07, 6.45) is 0. The van der Waals surface area contributed by atoms with E-state index in [9.17, 15) is 0 Å². The minimum Gasteiger partial charge on any atom is -0.494 e. The van der Waals surface area contributed by atoms with E-state index >= 15 is 0 Å². The Kier molecular flexibility index (Phi) is 4.57. The number of aromatic nitrogens is 2. The fourth-order valence-electron chi connectivity index (χ4n) is 1.81. The lowest BCUT2D eigenvalue weighted by atomic mass is 10.3. The molecule has 0 saturated carbocycles. The van der Waals surface area contributed by atoms with E-state index in [0.717, 1.165) is 28.5 Å². The maximum Gasteiger partial charge on any atom is 0.175 e. The summed E-state index contributed by atoms with van der Waals surface area (Å²) in [5.41, 5.74) is 3.66. The lowest BCUT2D eigenvalue weighted by Crippen LogP contribution is -2.19. The maximum atomic E-state index is 5.39. The number of ether oxygens (including phenoxy) is 1. The molecule has 20 heavy (non-hydrogen) atoms. The van der Waals surface area contributed by atoms with Crippen LogP contribution in [0.4, 0.5) is 11.4 Å². The van der Waals surface area contributed by atoms with E-state index in [-0.39, 0.29) is 0 Å². The van der Waals surface area contributed by atoms with Crippen LogP contribution in [-0.2, 0) is 0 Å². The fraction of sp³-hybridized carbons (Fsp3) is 0.286. The van der Waals surface area contributed by atoms with Crippen molar-refractivity contribution in [2.24, 2.45) is 0 Å². The van der Waals surface area contributed by atoms with Gasteiger partial charge in [0.05, 0.1) is 23.7 Å². The Morgan fingerprint density at radius 3 is 2.50 bits per heavy atom. The average molecular weight is 290 g/mol. The SMILES string of the molecule is CCOc1ccc(NC(=S)Nc2c(C)n[nH]c2C)cc1. The van der Waals surface area contributed by atoms with Gasteiger partial charge in [-0.2, -0.15) is 5.10 Å². The van der Waals surface area contributed by atoms with Crippen LogP contribution in [0.3, 0.4) is 0 Å². The maximum absolute atomic E-state index is 5.39. The Labute approximate surface area is 123 Å². The number of nitrogens with zero attached hydrogens (tertiary/aromatic N) is 1. The number of thiocarbonyl (C=S) groups is 1. The second-order valence-corrected chi connectivity index (χ2v) is 4.75. The molecule has 2 aromatic rings. The average Bonchev–Trinajstić information content (AvgIpc) is 2.73. The summed E-state index contributed by atoms with van der Waals surface area (Å²) >= 11 is 5.29. The highest BCUT2D eigenvalue weighted by atomic mass is 32.1. The van der Waals surface area contributed by atoms with Gasteiger partial charge in [-0.15, -0.1) is 0 Å². The van der Waals surface area contributed by atoms with Crippen LogP contribution < -0.4 is 15.4 Å². The molecule has 0 aliphatic rings. The molecule has 0 radical (unpaired) electrons. The Balaban J connectivity index is 1.97. The number of nitrogens with one attached hydrogen (secondary N) is 3. The van der Waals surface area contributed by atoms with Crippen LogP contribution in [0.15, 0.2) is 24.3 Å². The standard InChI is InChI=1S/C14H18N4OS/c1-4-19-12-7-5-11(6-8-12)15-14(20)16-13-9(2)17-18-10(13)3/h5-8H,4H2,1-3H3,(H,17,18)(H2,15,16,20). The number of hydrogen-bond acceptors (Lipinski definition) is 3. The van der Waals surface area contributed by atoms with Crippen LogP contribution in [0.25, 0.3) is 0 Å². The van der Waals surface area contributed by atoms with Crippen molar-refractivity contribution in [1.29, 1.82) is 0 Å². The molecule has 1 aromatic carbocycles. The van der Waals surface area contributed by atoms with Crippen LogP contribution in [0.5, 0.6) is 5.75 Å². The van der Waals surface area contributed by atoms with E-state index in [0.29, 0.717) is 11.7 Å². The summed E-state index contributed by atoms with van der Waals surface area (Å²) in [4.78, 5) is 0. The predicted octanol–water partition coefficient (Wildman–Crippen LogP) is 3.23. The van der Waals surface area contributed by atoms with Gasteiger partial charge in [0.15, 0.2) is 5.11 Å². The van der Waals surface area contributed by atoms with Crippen molar-refractivity contribution in [3.63, 3.8) is 0 Å². The molecule has 1 aromatic heterocycles. The van der Waals surface area contributed by atoms with Crippen molar-refractivity contribution in [2.45, 2.75) is 20.8 Å². The zero-order valence-electron chi connectivity index (χ0n) is 11.8. The van der Waals surface area contributed by atoms with E-state index in [1.165, 1.54) is 0 Å². The lowest BCUT2D eigenvalue weighted by molar-refractivity contribution is 0.340. The first-order valence-corrected chi connectivity index (χ1v) is 6.83. The Morgan fingerprint density at radius 1 is 1.25 bits per heavy atom. The van der Waals surface area contributed by atoms with Crippen molar-refractivity contribution < 1.29 is 4.74 Å². The van der Waals surface area contributed by atoms with Gasteiger partial charge in [0.2, 0.25) is 0 Å². The minimum absolute atomic E-state index is 0.529. The first-order chi connectivity index (χ1) is 9.60. The molecule has 0 fully saturated rings. The molecule has 106 valence electrons. The normalized spacial score (nSPS) is 10.2. The third kappa shape index (κ3) is 3.48. The first kappa shape index (κ1) is 14.3. The second-order valence-electron chi connectivity index (χ2n) is 4.35. The van der Waals surface area contributed by atoms with Crippen LogP contribution >= 0.6 is 12.2 Å². The van der Waals surface area contributed by atoms with Crippen molar-refractivity contribution >= 4 is 28.7 Å². The van der Waals surface area contributed by atoms with E-state index in [1.807, 2.05) is 45.0 Å². The third-order valence-corrected chi connectivity index (χ3v) is 2.99. The van der Waals surface area contributed by atoms with E-state index in [4.69, 9.17) is 17.0 Å². The molecule has 0 amide bonds. The lowest BCUT2D eigenvalue weighted by Gasteiger charge is -2.11. The van der Waals surface area contributed by atoms with Gasteiger partial charge >= 0.3 is 0 Å². The summed E-state index contributed by atoms with van der Waals surface area (Å²) < 4.78 is 5.39. The molecule has 0 atom stereocenters. The topological polar surface area (TPSA) is 62.0 Å². The molecule has 5 nitrogen and oxygen atoms in total. The molecular weight excluding hydrogens is 272 g/mol. The molecule has 2 rings (SSSR count). The van der Waals surface area contributed by atoms with Gasteiger partial charge in [-0.05, 0) is 57.3 Å². The zero-order chi connectivity index (χ0) is 14.5. The summed E-state index contributed by atoms with van der Waals surface area (Å²) in [5.74, 6) is 0.846. The highest BCUT2D eigenvalue weighted by Crippen LogP contribution is 2.18. The molecule has 1 heterocycles. The molecule has 0 bridgehead atoms. The first-order valence-electron chi connectivity index (χ1n) is 6.42. The van der Waals surface area contributed by atoms with Crippen LogP contribution in [0.1, 0.15) is 18.3 Å². The van der Waals surface area contributed by atoms with Gasteiger partial charge in [0, 0.05) is 5.69 Å². The largest absolute Gasteiger partial charge is 0.494 e. The molecule has 6 heteroatoms. The quantitative estimate of drug-likeness (QED) is 0.755. The molecule has 0 aliphatic carbocycles. The van der Waals surface area contributed by atoms with Gasteiger partial charge in [-0.3, -0.25) is 5.10 Å². The summed E-state index contributed by atoms with van der Waals surface area (Å²) in [6.45, 7) is 6.49. The number of benzene rings is 1. The van der Waals surface area contributed by atoms with Gasteiger partial charge in [-0.25, -0.2) is 0 Å². The number of H-pyrrole nitrogens is 1. The zero-order valence-corrected chi connectivity index (χ0v) is 12.6. The van der Waals surface area contributed by atoms with Gasteiger partial charge in [0.1, 0.15) is 5.75 Å².